The summed E-state index contributed by atoms with van der Waals surface area (Å²) in [6, 6.07) is 6.82. The van der Waals surface area contributed by atoms with E-state index in [4.69, 9.17) is 5.84 Å². The van der Waals surface area contributed by atoms with Crippen LogP contribution in [0.3, 0.4) is 0 Å². The van der Waals surface area contributed by atoms with Crippen LogP contribution in [-0.2, 0) is 12.6 Å². The lowest BCUT2D eigenvalue weighted by Gasteiger charge is -2.20. The lowest BCUT2D eigenvalue weighted by molar-refractivity contribution is -0.138. The Kier molecular flexibility index (Phi) is 4.24. The van der Waals surface area contributed by atoms with E-state index < -0.39 is 17.8 Å². The highest BCUT2D eigenvalue weighted by atomic mass is 32.1. The molecule has 1 heterocycles. The van der Waals surface area contributed by atoms with Crippen molar-refractivity contribution in [2.24, 2.45) is 5.84 Å². The van der Waals surface area contributed by atoms with Crippen molar-refractivity contribution in [3.8, 4) is 0 Å². The van der Waals surface area contributed by atoms with Gasteiger partial charge in [-0.15, -0.1) is 0 Å². The largest absolute Gasteiger partial charge is 0.416 e. The molecule has 0 saturated heterocycles. The second-order valence-electron chi connectivity index (χ2n) is 4.14. The fraction of sp³-hybridized carbons (Fsp3) is 0.231. The molecule has 0 aliphatic carbocycles. The molecular weight excluding hydrogens is 273 g/mol. The molecule has 1 atom stereocenters. The van der Waals surface area contributed by atoms with Crippen molar-refractivity contribution < 1.29 is 13.2 Å². The molecule has 3 N–H and O–H groups in total. The predicted octanol–water partition coefficient (Wildman–Crippen LogP) is 3.51. The van der Waals surface area contributed by atoms with Crippen LogP contribution in [0, 0.1) is 0 Å². The van der Waals surface area contributed by atoms with Crippen LogP contribution in [0.2, 0.25) is 0 Å². The van der Waals surface area contributed by atoms with Crippen molar-refractivity contribution in [1.29, 1.82) is 0 Å². The molecule has 2 nitrogen and oxygen atoms in total. The van der Waals surface area contributed by atoms with Gasteiger partial charge in [0.15, 0.2) is 0 Å². The van der Waals surface area contributed by atoms with Crippen molar-refractivity contribution in [3.63, 3.8) is 0 Å². The van der Waals surface area contributed by atoms with Gasteiger partial charge in [-0.05, 0) is 40.4 Å². The highest BCUT2D eigenvalue weighted by Crippen LogP contribution is 2.35. The van der Waals surface area contributed by atoms with Crippen LogP contribution in [-0.4, -0.2) is 0 Å². The van der Waals surface area contributed by atoms with E-state index >= 15 is 0 Å². The van der Waals surface area contributed by atoms with Crippen LogP contribution in [0.5, 0.6) is 0 Å². The summed E-state index contributed by atoms with van der Waals surface area (Å²) in [5.41, 5.74) is 2.96. The summed E-state index contributed by atoms with van der Waals surface area (Å²) < 4.78 is 38.9. The Morgan fingerprint density at radius 1 is 1.21 bits per heavy atom. The minimum atomic E-state index is -4.37. The van der Waals surface area contributed by atoms with Gasteiger partial charge in [0.2, 0.25) is 0 Å². The Bertz CT molecular complexity index is 523. The molecule has 1 unspecified atom stereocenters. The topological polar surface area (TPSA) is 38.0 Å². The normalized spacial score (nSPS) is 13.5. The average molecular weight is 286 g/mol. The quantitative estimate of drug-likeness (QED) is 0.666. The van der Waals surface area contributed by atoms with E-state index in [1.807, 2.05) is 16.8 Å². The zero-order chi connectivity index (χ0) is 13.9. The Hall–Kier alpha value is -1.37. The molecule has 6 heteroatoms. The minimum absolute atomic E-state index is 0.170. The molecule has 0 radical (unpaired) electrons. The summed E-state index contributed by atoms with van der Waals surface area (Å²) in [6.45, 7) is 0. The Morgan fingerprint density at radius 2 is 1.95 bits per heavy atom. The summed E-state index contributed by atoms with van der Waals surface area (Å²) in [6.07, 6.45) is -3.95. The van der Waals surface area contributed by atoms with Gasteiger partial charge in [-0.25, -0.2) is 0 Å². The van der Waals surface area contributed by atoms with Crippen molar-refractivity contribution >= 4 is 11.3 Å². The lowest BCUT2D eigenvalue weighted by atomic mass is 9.96. The van der Waals surface area contributed by atoms with Gasteiger partial charge in [0, 0.05) is 0 Å². The summed E-state index contributed by atoms with van der Waals surface area (Å²) in [7, 11) is 0. The van der Waals surface area contributed by atoms with Gasteiger partial charge in [-0.2, -0.15) is 24.5 Å². The fourth-order valence-electron chi connectivity index (χ4n) is 1.96. The van der Waals surface area contributed by atoms with E-state index in [1.54, 1.807) is 6.07 Å². The number of rotatable bonds is 4. The van der Waals surface area contributed by atoms with E-state index in [2.05, 4.69) is 5.43 Å². The highest BCUT2D eigenvalue weighted by Gasteiger charge is 2.34. The molecule has 0 amide bonds. The highest BCUT2D eigenvalue weighted by molar-refractivity contribution is 7.07. The first kappa shape index (κ1) is 14.0. The zero-order valence-electron chi connectivity index (χ0n) is 9.95. The van der Waals surface area contributed by atoms with E-state index in [9.17, 15) is 13.2 Å². The first-order valence-corrected chi connectivity index (χ1v) is 6.60. The number of hydrazine groups is 1. The van der Waals surface area contributed by atoms with Crippen LogP contribution in [0.1, 0.15) is 22.7 Å². The van der Waals surface area contributed by atoms with Crippen molar-refractivity contribution in [3.05, 3.63) is 57.8 Å². The maximum absolute atomic E-state index is 13.0. The number of nitrogens with one attached hydrogen (secondary N) is 1. The summed E-state index contributed by atoms with van der Waals surface area (Å²) in [4.78, 5) is 0. The molecule has 0 fully saturated rings. The van der Waals surface area contributed by atoms with E-state index in [1.165, 1.54) is 23.5 Å². The Balaban J connectivity index is 2.33. The van der Waals surface area contributed by atoms with E-state index in [-0.39, 0.29) is 5.56 Å². The summed E-state index contributed by atoms with van der Waals surface area (Å²) in [5, 5.41) is 3.79. The molecule has 1 aromatic heterocycles. The molecule has 0 aliphatic heterocycles. The smallest absolute Gasteiger partial charge is 0.271 e. The number of alkyl halides is 3. The van der Waals surface area contributed by atoms with Gasteiger partial charge >= 0.3 is 6.18 Å². The second kappa shape index (κ2) is 5.73. The number of benzene rings is 1. The number of nitrogens with two attached hydrogens (primary N) is 1. The van der Waals surface area contributed by atoms with Crippen LogP contribution in [0.15, 0.2) is 41.1 Å². The molecule has 2 aromatic rings. The van der Waals surface area contributed by atoms with E-state index in [0.717, 1.165) is 11.6 Å². The molecule has 0 spiro atoms. The first-order valence-electron chi connectivity index (χ1n) is 5.65. The number of halogens is 3. The van der Waals surface area contributed by atoms with Crippen molar-refractivity contribution in [1.82, 2.24) is 5.43 Å². The third-order valence-corrected chi connectivity index (χ3v) is 3.59. The molecule has 0 saturated carbocycles. The van der Waals surface area contributed by atoms with Gasteiger partial charge in [-0.1, -0.05) is 18.2 Å². The Morgan fingerprint density at radius 3 is 2.53 bits per heavy atom. The molecule has 2 rings (SSSR count). The predicted molar refractivity (Wildman–Crippen MR) is 69.5 cm³/mol. The zero-order valence-corrected chi connectivity index (χ0v) is 10.8. The Labute approximate surface area is 113 Å². The van der Waals surface area contributed by atoms with Crippen molar-refractivity contribution in [2.75, 3.05) is 0 Å². The number of thiophene rings is 1. The van der Waals surface area contributed by atoms with Crippen LogP contribution >= 0.6 is 11.3 Å². The van der Waals surface area contributed by atoms with Crippen LogP contribution in [0.25, 0.3) is 0 Å². The lowest BCUT2D eigenvalue weighted by Crippen LogP contribution is -2.31. The van der Waals surface area contributed by atoms with Gasteiger partial charge in [0.05, 0.1) is 11.6 Å². The average Bonchev–Trinajstić information content (AvgIpc) is 2.88. The van der Waals surface area contributed by atoms with Gasteiger partial charge in [0.1, 0.15) is 0 Å². The summed E-state index contributed by atoms with van der Waals surface area (Å²) >= 11 is 1.51. The van der Waals surface area contributed by atoms with Gasteiger partial charge < -0.3 is 0 Å². The van der Waals surface area contributed by atoms with Gasteiger partial charge in [-0.3, -0.25) is 11.3 Å². The second-order valence-corrected chi connectivity index (χ2v) is 4.92. The third-order valence-electron chi connectivity index (χ3n) is 2.86. The summed E-state index contributed by atoms with van der Waals surface area (Å²) in [5.74, 6) is 5.42. The maximum atomic E-state index is 13.0. The number of hydrogen-bond donors (Lipinski definition) is 2. The molecule has 102 valence electrons. The van der Waals surface area contributed by atoms with Gasteiger partial charge in [0.25, 0.3) is 0 Å². The first-order chi connectivity index (χ1) is 9.02. The molecular formula is C13H13F3N2S. The maximum Gasteiger partial charge on any atom is 0.416 e. The van der Waals surface area contributed by atoms with Crippen LogP contribution < -0.4 is 11.3 Å². The molecule has 1 aromatic carbocycles. The van der Waals surface area contributed by atoms with E-state index in [0.29, 0.717) is 6.42 Å². The minimum Gasteiger partial charge on any atom is -0.271 e. The van der Waals surface area contributed by atoms with Crippen molar-refractivity contribution in [2.45, 2.75) is 18.6 Å². The SMILES string of the molecule is NNC(Cc1ccsc1)c1ccccc1C(F)(F)F. The monoisotopic (exact) mass is 286 g/mol. The standard InChI is InChI=1S/C13H13F3N2S/c14-13(15,16)11-4-2-1-3-10(11)12(18-17)7-9-5-6-19-8-9/h1-6,8,12,18H,7,17H2. The molecule has 0 aliphatic rings. The van der Waals surface area contributed by atoms with Crippen LogP contribution in [0.4, 0.5) is 13.2 Å². The third kappa shape index (κ3) is 3.34. The molecule has 19 heavy (non-hydrogen) atoms. The molecule has 0 bridgehead atoms. The fourth-order valence-corrected chi connectivity index (χ4v) is 2.64. The number of hydrogen-bond acceptors (Lipinski definition) is 3.